The molecule has 1 saturated carbocycles. The first kappa shape index (κ1) is 32.7. The maximum atomic E-state index is 9.87. The van der Waals surface area contributed by atoms with Crippen LogP contribution in [0.3, 0.4) is 0 Å². The Labute approximate surface area is 211 Å². The van der Waals surface area contributed by atoms with Gasteiger partial charge in [-0.3, -0.25) is 0 Å². The van der Waals surface area contributed by atoms with E-state index in [1.807, 2.05) is 32.1 Å². The van der Waals surface area contributed by atoms with Crippen molar-refractivity contribution in [2.24, 2.45) is 0 Å². The standard InChI is InChI=1S/C21H26.C5H5.F6P.Fe/c1-5-13-20(14-6-2)17-21(15-7-3,16-8-4)19-12-10-9-11-18(19)20;1-2-4-5-3-1;1-7(2,3,4,5)6;/h5-12H,1-4,13-17H2;1-5H;;/q;;-1;+2. The SMILES string of the molecule is C=CCC1(CC=C)CC(CC=C)(CC=C)c2ccccc21.F[P-](F)(F)(F)(F)F.[CH]1[CH][CH][CH][CH]1.[Fe+2]. The van der Waals surface area contributed by atoms with Crippen LogP contribution < -0.4 is 0 Å². The molecule has 0 heterocycles. The van der Waals surface area contributed by atoms with Crippen molar-refractivity contribution in [3.8, 4) is 0 Å². The second kappa shape index (κ2) is 12.1. The Morgan fingerprint density at radius 1 is 0.618 bits per heavy atom. The quantitative estimate of drug-likeness (QED) is 0.132. The van der Waals surface area contributed by atoms with Gasteiger partial charge < -0.3 is 0 Å². The summed E-state index contributed by atoms with van der Waals surface area (Å²) in [4.78, 5) is 0. The summed E-state index contributed by atoms with van der Waals surface area (Å²) in [6.45, 7) is 16.0. The summed E-state index contributed by atoms with van der Waals surface area (Å²) in [7, 11) is -10.7. The molecule has 0 saturated heterocycles. The van der Waals surface area contributed by atoms with Gasteiger partial charge in [-0.1, -0.05) is 48.6 Å². The molecule has 0 nitrogen and oxygen atoms in total. The van der Waals surface area contributed by atoms with Gasteiger partial charge in [-0.25, -0.2) is 0 Å². The van der Waals surface area contributed by atoms with E-state index in [-0.39, 0.29) is 27.9 Å². The number of benzene rings is 1. The Hall–Kier alpha value is -1.29. The van der Waals surface area contributed by atoms with E-state index < -0.39 is 7.81 Å². The van der Waals surface area contributed by atoms with Gasteiger partial charge in [0.1, 0.15) is 0 Å². The van der Waals surface area contributed by atoms with Crippen LogP contribution in [-0.4, -0.2) is 0 Å². The molecule has 3 rings (SSSR count). The average Bonchev–Trinajstić information content (AvgIpc) is 3.32. The smallest absolute Gasteiger partial charge is 0.0312 e. The molecule has 0 amide bonds. The molecule has 0 atom stereocenters. The number of hydrogen-bond donors (Lipinski definition) is 0. The minimum absolute atomic E-state index is 0. The molecule has 1 fully saturated rings. The van der Waals surface area contributed by atoms with E-state index >= 15 is 0 Å². The summed E-state index contributed by atoms with van der Waals surface area (Å²) in [5.74, 6) is 0. The van der Waals surface area contributed by atoms with E-state index in [4.69, 9.17) is 0 Å². The van der Waals surface area contributed by atoms with Crippen LogP contribution in [0.5, 0.6) is 0 Å². The Morgan fingerprint density at radius 3 is 1.06 bits per heavy atom. The molecule has 0 spiro atoms. The molecule has 189 valence electrons. The van der Waals surface area contributed by atoms with Crippen molar-refractivity contribution in [1.82, 2.24) is 0 Å². The van der Waals surface area contributed by atoms with Crippen LogP contribution in [0.15, 0.2) is 74.9 Å². The maximum Gasteiger partial charge on any atom is 2.00 e. The Bertz CT molecular complexity index is 737. The predicted octanol–water partition coefficient (Wildman–Crippen LogP) is 10.3. The van der Waals surface area contributed by atoms with Crippen molar-refractivity contribution in [3.05, 3.63) is 118 Å². The van der Waals surface area contributed by atoms with Gasteiger partial charge in [0.25, 0.3) is 0 Å². The van der Waals surface area contributed by atoms with Gasteiger partial charge in [0.05, 0.1) is 0 Å². The number of hydrogen-bond acceptors (Lipinski definition) is 0. The summed E-state index contributed by atoms with van der Waals surface area (Å²) in [6, 6.07) is 8.88. The van der Waals surface area contributed by atoms with Crippen LogP contribution in [0.1, 0.15) is 43.2 Å². The van der Waals surface area contributed by atoms with E-state index in [9.17, 15) is 25.2 Å². The van der Waals surface area contributed by atoms with Gasteiger partial charge in [-0.2, -0.15) is 0 Å². The van der Waals surface area contributed by atoms with Crippen molar-refractivity contribution < 1.29 is 42.3 Å². The molecule has 1 aromatic carbocycles. The van der Waals surface area contributed by atoms with Crippen LogP contribution in [-0.2, 0) is 27.9 Å². The molecule has 5 radical (unpaired) electrons. The fourth-order valence-corrected chi connectivity index (χ4v) is 4.57. The van der Waals surface area contributed by atoms with Gasteiger partial charge in [0, 0.05) is 10.8 Å². The van der Waals surface area contributed by atoms with Crippen molar-refractivity contribution in [3.63, 3.8) is 0 Å². The summed E-state index contributed by atoms with van der Waals surface area (Å²) in [6.07, 6.45) is 23.3. The fraction of sp³-hybridized carbons (Fsp3) is 0.269. The molecule has 0 aromatic heterocycles. The number of rotatable bonds is 8. The number of halogens is 6. The summed E-state index contributed by atoms with van der Waals surface area (Å²) in [5.41, 5.74) is 3.19. The second-order valence-corrected chi connectivity index (χ2v) is 10.1. The van der Waals surface area contributed by atoms with Crippen molar-refractivity contribution in [2.45, 2.75) is 42.9 Å². The predicted molar refractivity (Wildman–Crippen MR) is 129 cm³/mol. The summed E-state index contributed by atoms with van der Waals surface area (Å²) >= 11 is 0. The average molecular weight is 544 g/mol. The van der Waals surface area contributed by atoms with Crippen LogP contribution in [0.2, 0.25) is 0 Å². The van der Waals surface area contributed by atoms with Gasteiger partial charge in [-0.05, 0) is 75.3 Å². The van der Waals surface area contributed by atoms with Crippen LogP contribution in [0.25, 0.3) is 0 Å². The third-order valence-electron chi connectivity index (χ3n) is 5.44. The first-order chi connectivity index (χ1) is 15.1. The zero-order chi connectivity index (χ0) is 25.3. The van der Waals surface area contributed by atoms with E-state index in [2.05, 4.69) is 74.9 Å². The molecule has 0 unspecified atom stereocenters. The van der Waals surface area contributed by atoms with Crippen LogP contribution >= 0.6 is 7.81 Å². The number of fused-ring (bicyclic) bond motifs is 1. The zero-order valence-electron chi connectivity index (χ0n) is 18.9. The summed E-state index contributed by atoms with van der Waals surface area (Å²) < 4.78 is 59.2. The Kier molecular flexibility index (Phi) is 11.6. The second-order valence-electron chi connectivity index (χ2n) is 8.17. The molecule has 1 aromatic rings. The molecule has 0 bridgehead atoms. The van der Waals surface area contributed by atoms with Crippen molar-refractivity contribution >= 4 is 7.81 Å². The fourth-order valence-electron chi connectivity index (χ4n) is 4.57. The monoisotopic (exact) mass is 544 g/mol. The van der Waals surface area contributed by atoms with Gasteiger partial charge in [-0.15, -0.1) is 26.3 Å². The molecule has 0 N–H and O–H groups in total. The molecule has 8 heteroatoms. The minimum Gasteiger partial charge on any atom is -0.0312 e. The Balaban J connectivity index is 0.000000689. The largest absolute Gasteiger partial charge is 2.00 e. The van der Waals surface area contributed by atoms with Crippen molar-refractivity contribution in [1.29, 1.82) is 0 Å². The molecular formula is C26H31F6FeP+. The van der Waals surface area contributed by atoms with Crippen LogP contribution in [0.4, 0.5) is 25.2 Å². The van der Waals surface area contributed by atoms with Gasteiger partial charge in [0.15, 0.2) is 0 Å². The van der Waals surface area contributed by atoms with E-state index in [1.165, 1.54) is 11.1 Å². The molecule has 2 aliphatic rings. The zero-order valence-corrected chi connectivity index (χ0v) is 20.9. The Morgan fingerprint density at radius 2 is 0.853 bits per heavy atom. The van der Waals surface area contributed by atoms with Gasteiger partial charge >= 0.3 is 50.1 Å². The topological polar surface area (TPSA) is 0 Å². The molecule has 2 aliphatic carbocycles. The molecule has 34 heavy (non-hydrogen) atoms. The number of allylic oxidation sites excluding steroid dienone is 4. The van der Waals surface area contributed by atoms with E-state index in [0.29, 0.717) is 0 Å². The third kappa shape index (κ3) is 11.4. The molecule has 0 aliphatic heterocycles. The van der Waals surface area contributed by atoms with Crippen molar-refractivity contribution in [2.75, 3.05) is 0 Å². The first-order valence-electron chi connectivity index (χ1n) is 10.4. The minimum atomic E-state index is -10.7. The normalized spacial score (nSPS) is 19.2. The first-order valence-corrected chi connectivity index (χ1v) is 12.4. The van der Waals surface area contributed by atoms with Gasteiger partial charge in [0.2, 0.25) is 0 Å². The van der Waals surface area contributed by atoms with E-state index in [1.54, 1.807) is 0 Å². The van der Waals surface area contributed by atoms with E-state index in [0.717, 1.165) is 32.1 Å². The maximum absolute atomic E-state index is 10.7. The molecular weight excluding hydrogens is 513 g/mol. The summed E-state index contributed by atoms with van der Waals surface area (Å²) in [5, 5.41) is 0. The third-order valence-corrected chi connectivity index (χ3v) is 5.44. The van der Waals surface area contributed by atoms with Crippen LogP contribution in [0, 0.1) is 32.1 Å².